The second-order valence-corrected chi connectivity index (χ2v) is 8.27. The minimum absolute atomic E-state index is 0.110. The van der Waals surface area contributed by atoms with Gasteiger partial charge in [0.1, 0.15) is 5.75 Å². The predicted octanol–water partition coefficient (Wildman–Crippen LogP) is 2.86. The van der Waals surface area contributed by atoms with Crippen LogP contribution in [0.4, 0.5) is 11.4 Å². The maximum Gasteiger partial charge on any atom is 0.262 e. The average molecular weight is 480 g/mol. The number of nitrogens with zero attached hydrogens (tertiary/aromatic N) is 1. The fraction of sp³-hybridized carbons (Fsp3) is 0.318. The van der Waals surface area contributed by atoms with Crippen LogP contribution in [0.2, 0.25) is 10.0 Å². The molecule has 32 heavy (non-hydrogen) atoms. The molecule has 3 rings (SSSR count). The van der Waals surface area contributed by atoms with Gasteiger partial charge in [-0.25, -0.2) is 0 Å². The Balaban J connectivity index is 1.51. The molecule has 3 amide bonds. The summed E-state index contributed by atoms with van der Waals surface area (Å²) in [6.07, 6.45) is -0.538. The zero-order chi connectivity index (χ0) is 23.3. The summed E-state index contributed by atoms with van der Waals surface area (Å²) in [6, 6.07) is 11.4. The van der Waals surface area contributed by atoms with Crippen LogP contribution in [0.3, 0.4) is 0 Å². The fourth-order valence-corrected chi connectivity index (χ4v) is 3.47. The van der Waals surface area contributed by atoms with E-state index in [1.54, 1.807) is 49.4 Å². The monoisotopic (exact) mass is 479 g/mol. The minimum Gasteiger partial charge on any atom is -0.484 e. The van der Waals surface area contributed by atoms with Crippen LogP contribution in [-0.2, 0) is 14.4 Å². The van der Waals surface area contributed by atoms with Gasteiger partial charge in [0, 0.05) is 30.9 Å². The number of ether oxygens (including phenoxy) is 1. The van der Waals surface area contributed by atoms with Gasteiger partial charge >= 0.3 is 0 Å². The van der Waals surface area contributed by atoms with Crippen LogP contribution in [0.5, 0.6) is 5.75 Å². The van der Waals surface area contributed by atoms with Crippen molar-refractivity contribution in [3.63, 3.8) is 0 Å². The molecule has 1 aliphatic rings. The van der Waals surface area contributed by atoms with Crippen molar-refractivity contribution in [2.24, 2.45) is 5.92 Å². The lowest BCUT2D eigenvalue weighted by Gasteiger charge is -2.17. The molecule has 8 nitrogen and oxygen atoms in total. The second-order valence-electron chi connectivity index (χ2n) is 7.46. The molecule has 1 heterocycles. The fourth-order valence-electron chi connectivity index (χ4n) is 3.17. The van der Waals surface area contributed by atoms with Gasteiger partial charge in [-0.1, -0.05) is 23.2 Å². The summed E-state index contributed by atoms with van der Waals surface area (Å²) in [5.74, 6) is -0.794. The van der Waals surface area contributed by atoms with E-state index in [0.29, 0.717) is 27.2 Å². The maximum atomic E-state index is 12.3. The Bertz CT molecular complexity index is 998. The smallest absolute Gasteiger partial charge is 0.262 e. The van der Waals surface area contributed by atoms with E-state index in [0.717, 1.165) is 0 Å². The summed E-state index contributed by atoms with van der Waals surface area (Å²) in [4.78, 5) is 38.1. The van der Waals surface area contributed by atoms with Crippen LogP contribution in [-0.4, -0.2) is 48.6 Å². The number of aliphatic hydroxyl groups excluding tert-OH is 1. The number of carbonyl (C=O) groups excluding carboxylic acids is 3. The zero-order valence-electron chi connectivity index (χ0n) is 17.3. The summed E-state index contributed by atoms with van der Waals surface area (Å²) >= 11 is 11.8. The van der Waals surface area contributed by atoms with Crippen LogP contribution >= 0.6 is 23.2 Å². The second kappa shape index (κ2) is 10.7. The molecule has 2 aromatic carbocycles. The van der Waals surface area contributed by atoms with E-state index in [-0.39, 0.29) is 43.8 Å². The van der Waals surface area contributed by atoms with E-state index in [4.69, 9.17) is 27.9 Å². The first-order chi connectivity index (χ1) is 15.2. The molecule has 0 bridgehead atoms. The molecular weight excluding hydrogens is 457 g/mol. The van der Waals surface area contributed by atoms with Gasteiger partial charge in [0.2, 0.25) is 11.8 Å². The highest BCUT2D eigenvalue weighted by molar-refractivity contribution is 6.42. The summed E-state index contributed by atoms with van der Waals surface area (Å²) in [5.41, 5.74) is 1.14. The number of amides is 3. The molecule has 0 aliphatic carbocycles. The molecule has 0 spiro atoms. The average Bonchev–Trinajstić information content (AvgIpc) is 3.15. The first-order valence-corrected chi connectivity index (χ1v) is 10.7. The van der Waals surface area contributed by atoms with Crippen LogP contribution in [0.1, 0.15) is 13.3 Å². The molecule has 0 radical (unpaired) electrons. The summed E-state index contributed by atoms with van der Waals surface area (Å²) in [7, 11) is 0. The Labute approximate surface area is 195 Å². The standard InChI is InChI=1S/C22H23Cl2N3O5/c1-13(28)10-25-22(31)14-8-21(30)27(11-14)16-3-5-17(6-4-16)32-12-20(29)26-15-2-7-18(23)19(24)9-15/h2-7,9,13-14,28H,8,10-12H2,1H3,(H,25,31)(H,26,29)/t13-,14+/m1/s1. The van der Waals surface area contributed by atoms with Gasteiger partial charge in [-0.05, 0) is 49.4 Å². The van der Waals surface area contributed by atoms with Crippen molar-refractivity contribution in [1.29, 1.82) is 0 Å². The van der Waals surface area contributed by atoms with E-state index >= 15 is 0 Å². The lowest BCUT2D eigenvalue weighted by molar-refractivity contribution is -0.126. The highest BCUT2D eigenvalue weighted by atomic mass is 35.5. The SMILES string of the molecule is C[C@@H](O)CNC(=O)[C@H]1CC(=O)N(c2ccc(OCC(=O)Nc3ccc(Cl)c(Cl)c3)cc2)C1. The van der Waals surface area contributed by atoms with Gasteiger partial charge in [0.15, 0.2) is 6.61 Å². The summed E-state index contributed by atoms with van der Waals surface area (Å²) in [5, 5.41) is 15.3. The lowest BCUT2D eigenvalue weighted by Crippen LogP contribution is -2.36. The van der Waals surface area contributed by atoms with E-state index in [1.807, 2.05) is 0 Å². The van der Waals surface area contributed by atoms with Gasteiger partial charge in [-0.3, -0.25) is 14.4 Å². The van der Waals surface area contributed by atoms with Gasteiger partial charge in [0.05, 0.1) is 22.1 Å². The first-order valence-electron chi connectivity index (χ1n) is 9.97. The number of carbonyl (C=O) groups is 3. The number of benzene rings is 2. The molecule has 3 N–H and O–H groups in total. The Morgan fingerprint density at radius 1 is 1.19 bits per heavy atom. The molecule has 1 fully saturated rings. The summed E-state index contributed by atoms with van der Waals surface area (Å²) < 4.78 is 5.49. The van der Waals surface area contributed by atoms with Gasteiger partial charge in [0.25, 0.3) is 5.91 Å². The van der Waals surface area contributed by atoms with Gasteiger partial charge in [-0.2, -0.15) is 0 Å². The molecule has 10 heteroatoms. The summed E-state index contributed by atoms with van der Waals surface area (Å²) in [6.45, 7) is 1.77. The Morgan fingerprint density at radius 3 is 2.56 bits per heavy atom. The molecule has 1 aliphatic heterocycles. The van der Waals surface area contributed by atoms with E-state index in [9.17, 15) is 19.5 Å². The molecule has 170 valence electrons. The Morgan fingerprint density at radius 2 is 1.91 bits per heavy atom. The first kappa shape index (κ1) is 23.8. The molecule has 2 aromatic rings. The number of aliphatic hydroxyl groups is 1. The number of anilines is 2. The van der Waals surface area contributed by atoms with Gasteiger partial charge in [-0.15, -0.1) is 0 Å². The van der Waals surface area contributed by atoms with Crippen molar-refractivity contribution in [3.8, 4) is 5.75 Å². The normalized spacial score (nSPS) is 16.6. The van der Waals surface area contributed by atoms with Crippen LogP contribution in [0, 0.1) is 5.92 Å². The number of halogens is 2. The third-order valence-corrected chi connectivity index (χ3v) is 5.53. The molecule has 1 saturated heterocycles. The van der Waals surface area contributed by atoms with E-state index < -0.39 is 12.0 Å². The topological polar surface area (TPSA) is 108 Å². The van der Waals surface area contributed by atoms with E-state index in [1.165, 1.54) is 4.90 Å². The van der Waals surface area contributed by atoms with Gasteiger partial charge < -0.3 is 25.4 Å². The van der Waals surface area contributed by atoms with Crippen LogP contribution < -0.4 is 20.3 Å². The number of nitrogens with one attached hydrogen (secondary N) is 2. The Kier molecular flexibility index (Phi) is 7.95. The highest BCUT2D eigenvalue weighted by Crippen LogP contribution is 2.27. The van der Waals surface area contributed by atoms with Crippen molar-refractivity contribution in [1.82, 2.24) is 5.32 Å². The Hall–Kier alpha value is -2.81. The number of hydrogen-bond donors (Lipinski definition) is 3. The zero-order valence-corrected chi connectivity index (χ0v) is 18.8. The molecular formula is C22H23Cl2N3O5. The molecule has 0 unspecified atom stereocenters. The molecule has 0 saturated carbocycles. The van der Waals surface area contributed by atoms with Crippen molar-refractivity contribution in [2.75, 3.05) is 29.9 Å². The van der Waals surface area contributed by atoms with E-state index in [2.05, 4.69) is 10.6 Å². The van der Waals surface area contributed by atoms with Crippen LogP contribution in [0.15, 0.2) is 42.5 Å². The van der Waals surface area contributed by atoms with Crippen molar-refractivity contribution >= 4 is 52.3 Å². The quantitative estimate of drug-likeness (QED) is 0.539. The number of rotatable bonds is 8. The van der Waals surface area contributed by atoms with Crippen molar-refractivity contribution in [2.45, 2.75) is 19.4 Å². The van der Waals surface area contributed by atoms with Crippen molar-refractivity contribution < 1.29 is 24.2 Å². The van der Waals surface area contributed by atoms with Crippen LogP contribution in [0.25, 0.3) is 0 Å². The highest BCUT2D eigenvalue weighted by Gasteiger charge is 2.35. The number of hydrogen-bond acceptors (Lipinski definition) is 5. The largest absolute Gasteiger partial charge is 0.484 e. The minimum atomic E-state index is -0.647. The maximum absolute atomic E-state index is 12.3. The van der Waals surface area contributed by atoms with Crippen molar-refractivity contribution in [3.05, 3.63) is 52.5 Å². The molecule has 0 aromatic heterocycles. The third kappa shape index (κ3) is 6.35. The third-order valence-electron chi connectivity index (χ3n) is 4.79. The lowest BCUT2D eigenvalue weighted by atomic mass is 10.1. The molecule has 2 atom stereocenters. The predicted molar refractivity (Wildman–Crippen MR) is 122 cm³/mol.